The van der Waals surface area contributed by atoms with Crippen LogP contribution >= 0.6 is 0 Å². The van der Waals surface area contributed by atoms with Crippen LogP contribution in [-0.4, -0.2) is 55.1 Å². The van der Waals surface area contributed by atoms with E-state index in [9.17, 15) is 0 Å². The number of fused-ring (bicyclic) bond motifs is 1. The van der Waals surface area contributed by atoms with Crippen molar-refractivity contribution in [3.8, 4) is 0 Å². The van der Waals surface area contributed by atoms with E-state index >= 15 is 0 Å². The summed E-state index contributed by atoms with van der Waals surface area (Å²) in [6, 6.07) is 0. The summed E-state index contributed by atoms with van der Waals surface area (Å²) in [5.74, 6) is 2.00. The van der Waals surface area contributed by atoms with E-state index in [0.29, 0.717) is 5.54 Å². The average Bonchev–Trinajstić information content (AvgIpc) is 2.91. The maximum atomic E-state index is 6.15. The lowest BCUT2D eigenvalue weighted by Gasteiger charge is -2.46. The molecule has 2 atom stereocenters. The molecule has 3 rings (SSSR count). The van der Waals surface area contributed by atoms with Crippen molar-refractivity contribution in [2.45, 2.75) is 37.6 Å². The Hall–Kier alpha value is -0.120. The van der Waals surface area contributed by atoms with Crippen molar-refractivity contribution in [3.63, 3.8) is 0 Å². The molecule has 2 heterocycles. The van der Waals surface area contributed by atoms with Gasteiger partial charge in [0, 0.05) is 25.2 Å². The molecular formula is C14H27N3. The highest BCUT2D eigenvalue weighted by Crippen LogP contribution is 2.42. The Labute approximate surface area is 105 Å². The van der Waals surface area contributed by atoms with Crippen LogP contribution in [0.1, 0.15) is 32.1 Å². The average molecular weight is 237 g/mol. The highest BCUT2D eigenvalue weighted by molar-refractivity contribution is 5.01. The summed E-state index contributed by atoms with van der Waals surface area (Å²) in [6.07, 6.45) is 6.98. The summed E-state index contributed by atoms with van der Waals surface area (Å²) >= 11 is 0. The van der Waals surface area contributed by atoms with Gasteiger partial charge < -0.3 is 10.6 Å². The minimum absolute atomic E-state index is 0.344. The van der Waals surface area contributed by atoms with E-state index in [1.165, 1.54) is 58.3 Å². The molecule has 3 fully saturated rings. The third-order valence-corrected chi connectivity index (χ3v) is 5.69. The normalized spacial score (nSPS) is 38.5. The van der Waals surface area contributed by atoms with Gasteiger partial charge in [-0.2, -0.15) is 0 Å². The molecule has 2 aliphatic heterocycles. The fourth-order valence-corrected chi connectivity index (χ4v) is 4.31. The quantitative estimate of drug-likeness (QED) is 0.782. The van der Waals surface area contributed by atoms with Crippen molar-refractivity contribution in [2.24, 2.45) is 17.6 Å². The van der Waals surface area contributed by atoms with Crippen molar-refractivity contribution >= 4 is 0 Å². The minimum atomic E-state index is 0.344. The van der Waals surface area contributed by atoms with Crippen LogP contribution in [0.25, 0.3) is 0 Å². The van der Waals surface area contributed by atoms with E-state index in [2.05, 4.69) is 16.8 Å². The minimum Gasteiger partial charge on any atom is -0.329 e. The standard InChI is InChI=1S/C14H27N3/c1-16-7-5-14(11-15,6-8-16)17-9-12-3-2-4-13(12)10-17/h12-13H,2-11,15H2,1H3. The first kappa shape index (κ1) is 11.9. The van der Waals surface area contributed by atoms with E-state index in [-0.39, 0.29) is 0 Å². The molecule has 0 spiro atoms. The molecule has 0 aromatic rings. The molecule has 3 aliphatic rings. The number of piperidine rings is 1. The SMILES string of the molecule is CN1CCC(CN)(N2CC3CCCC3C2)CC1. The van der Waals surface area contributed by atoms with E-state index in [0.717, 1.165) is 18.4 Å². The van der Waals surface area contributed by atoms with Crippen LogP contribution in [0.15, 0.2) is 0 Å². The van der Waals surface area contributed by atoms with E-state index in [4.69, 9.17) is 5.73 Å². The molecule has 3 heteroatoms. The summed E-state index contributed by atoms with van der Waals surface area (Å²) in [6.45, 7) is 5.99. The third-order valence-electron chi connectivity index (χ3n) is 5.69. The van der Waals surface area contributed by atoms with Gasteiger partial charge in [-0.3, -0.25) is 4.90 Å². The van der Waals surface area contributed by atoms with Crippen molar-refractivity contribution in [2.75, 3.05) is 39.8 Å². The van der Waals surface area contributed by atoms with Gasteiger partial charge in [0.1, 0.15) is 0 Å². The number of rotatable bonds is 2. The Bertz CT molecular complexity index is 259. The predicted molar refractivity (Wildman–Crippen MR) is 70.9 cm³/mol. The summed E-state index contributed by atoms with van der Waals surface area (Å²) < 4.78 is 0. The van der Waals surface area contributed by atoms with Crippen LogP contribution in [0.4, 0.5) is 0 Å². The second kappa shape index (κ2) is 4.52. The predicted octanol–water partition coefficient (Wildman–Crippen LogP) is 1.14. The van der Waals surface area contributed by atoms with Crippen molar-refractivity contribution in [1.29, 1.82) is 0 Å². The van der Waals surface area contributed by atoms with Gasteiger partial charge in [0.2, 0.25) is 0 Å². The molecule has 17 heavy (non-hydrogen) atoms. The first-order valence-corrected chi connectivity index (χ1v) is 7.37. The van der Waals surface area contributed by atoms with Crippen molar-refractivity contribution in [1.82, 2.24) is 9.80 Å². The van der Waals surface area contributed by atoms with E-state index < -0.39 is 0 Å². The lowest BCUT2D eigenvalue weighted by Crippen LogP contribution is -2.58. The molecule has 0 aromatic heterocycles. The summed E-state index contributed by atoms with van der Waals surface area (Å²) in [7, 11) is 2.24. The van der Waals surface area contributed by atoms with Gasteiger partial charge in [-0.15, -0.1) is 0 Å². The molecule has 2 saturated heterocycles. The van der Waals surface area contributed by atoms with Crippen LogP contribution in [0, 0.1) is 11.8 Å². The van der Waals surface area contributed by atoms with Gasteiger partial charge in [-0.25, -0.2) is 0 Å². The van der Waals surface area contributed by atoms with Crippen molar-refractivity contribution < 1.29 is 0 Å². The fraction of sp³-hybridized carbons (Fsp3) is 1.00. The number of likely N-dealkylation sites (tertiary alicyclic amines) is 2. The third kappa shape index (κ3) is 2.02. The Morgan fingerprint density at radius 1 is 1.12 bits per heavy atom. The number of nitrogens with zero attached hydrogens (tertiary/aromatic N) is 2. The molecule has 3 nitrogen and oxygen atoms in total. The second-order valence-electron chi connectivity index (χ2n) is 6.59. The summed E-state index contributed by atoms with van der Waals surface area (Å²) in [4.78, 5) is 5.22. The second-order valence-corrected chi connectivity index (χ2v) is 6.59. The molecule has 0 bridgehead atoms. The Kier molecular flexibility index (Phi) is 3.18. The Morgan fingerprint density at radius 2 is 1.71 bits per heavy atom. The van der Waals surface area contributed by atoms with Crippen LogP contribution in [0.2, 0.25) is 0 Å². The monoisotopic (exact) mass is 237 g/mol. The lowest BCUT2D eigenvalue weighted by molar-refractivity contribution is 0.0462. The lowest BCUT2D eigenvalue weighted by atomic mass is 9.86. The van der Waals surface area contributed by atoms with Crippen LogP contribution in [0.3, 0.4) is 0 Å². The molecule has 98 valence electrons. The molecule has 2 unspecified atom stereocenters. The number of hydrogen-bond donors (Lipinski definition) is 1. The molecular weight excluding hydrogens is 210 g/mol. The Morgan fingerprint density at radius 3 is 2.24 bits per heavy atom. The maximum Gasteiger partial charge on any atom is 0.0356 e. The Balaban J connectivity index is 1.69. The van der Waals surface area contributed by atoms with Gasteiger partial charge in [0.15, 0.2) is 0 Å². The number of hydrogen-bond acceptors (Lipinski definition) is 3. The molecule has 2 N–H and O–H groups in total. The molecule has 1 saturated carbocycles. The fourth-order valence-electron chi connectivity index (χ4n) is 4.31. The zero-order valence-electron chi connectivity index (χ0n) is 11.2. The van der Waals surface area contributed by atoms with Crippen LogP contribution < -0.4 is 5.73 Å². The van der Waals surface area contributed by atoms with E-state index in [1.807, 2.05) is 0 Å². The van der Waals surface area contributed by atoms with Crippen molar-refractivity contribution in [3.05, 3.63) is 0 Å². The topological polar surface area (TPSA) is 32.5 Å². The molecule has 0 amide bonds. The highest BCUT2D eigenvalue weighted by Gasteiger charge is 2.45. The molecule has 1 aliphatic carbocycles. The van der Waals surface area contributed by atoms with Gasteiger partial charge in [-0.1, -0.05) is 6.42 Å². The van der Waals surface area contributed by atoms with Gasteiger partial charge >= 0.3 is 0 Å². The number of nitrogens with two attached hydrogens (primary N) is 1. The van der Waals surface area contributed by atoms with Gasteiger partial charge in [0.25, 0.3) is 0 Å². The smallest absolute Gasteiger partial charge is 0.0356 e. The highest BCUT2D eigenvalue weighted by atomic mass is 15.3. The van der Waals surface area contributed by atoms with Crippen LogP contribution in [-0.2, 0) is 0 Å². The van der Waals surface area contributed by atoms with Gasteiger partial charge in [-0.05, 0) is 57.7 Å². The van der Waals surface area contributed by atoms with Gasteiger partial charge in [0.05, 0.1) is 0 Å². The first-order valence-electron chi connectivity index (χ1n) is 7.37. The largest absolute Gasteiger partial charge is 0.329 e. The zero-order valence-corrected chi connectivity index (χ0v) is 11.2. The maximum absolute atomic E-state index is 6.15. The molecule has 0 radical (unpaired) electrons. The summed E-state index contributed by atoms with van der Waals surface area (Å²) in [5, 5.41) is 0. The van der Waals surface area contributed by atoms with Crippen LogP contribution in [0.5, 0.6) is 0 Å². The van der Waals surface area contributed by atoms with E-state index in [1.54, 1.807) is 0 Å². The zero-order chi connectivity index (χ0) is 11.9. The molecule has 0 aromatic carbocycles. The first-order chi connectivity index (χ1) is 8.23. The summed E-state index contributed by atoms with van der Waals surface area (Å²) in [5.41, 5.74) is 6.50.